The summed E-state index contributed by atoms with van der Waals surface area (Å²) in [6, 6.07) is 13.9. The first kappa shape index (κ1) is 15.3. The van der Waals surface area contributed by atoms with Gasteiger partial charge < -0.3 is 0 Å². The van der Waals surface area contributed by atoms with Crippen molar-refractivity contribution in [3.63, 3.8) is 0 Å². The molecule has 0 aliphatic rings. The van der Waals surface area contributed by atoms with Crippen LogP contribution in [-0.4, -0.2) is 10.8 Å². The average Bonchev–Trinajstić information content (AvgIpc) is 2.95. The zero-order valence-corrected chi connectivity index (χ0v) is 13.9. The first-order valence-corrected chi connectivity index (χ1v) is 8.16. The van der Waals surface area contributed by atoms with Gasteiger partial charge in [0, 0.05) is 17.2 Å². The van der Waals surface area contributed by atoms with Crippen molar-refractivity contribution in [3.05, 3.63) is 77.1 Å². The molecule has 3 aromatic rings. The van der Waals surface area contributed by atoms with Crippen molar-refractivity contribution in [3.8, 4) is 10.6 Å². The predicted molar refractivity (Wildman–Crippen MR) is 93.3 cm³/mol. The standard InChI is InChI=1S/C19H17N2OS/c1-14-18(23-19(20-14)16-8-4-3-5-9-16)17(22)11-10-15-7-6-12-21(2)13-15/h3-13H,1-2H3/q+1. The van der Waals surface area contributed by atoms with Crippen molar-refractivity contribution >= 4 is 23.2 Å². The van der Waals surface area contributed by atoms with E-state index in [2.05, 4.69) is 4.98 Å². The quantitative estimate of drug-likeness (QED) is 0.416. The number of pyridine rings is 1. The van der Waals surface area contributed by atoms with Crippen LogP contribution in [0, 0.1) is 6.92 Å². The van der Waals surface area contributed by atoms with Crippen molar-refractivity contribution in [2.45, 2.75) is 6.92 Å². The summed E-state index contributed by atoms with van der Waals surface area (Å²) in [5, 5.41) is 0.881. The Balaban J connectivity index is 1.84. The maximum Gasteiger partial charge on any atom is 0.197 e. The molecule has 0 fully saturated rings. The number of aryl methyl sites for hydroxylation is 2. The van der Waals surface area contributed by atoms with Gasteiger partial charge in [-0.1, -0.05) is 30.3 Å². The Morgan fingerprint density at radius 3 is 2.70 bits per heavy atom. The molecule has 0 bridgehead atoms. The monoisotopic (exact) mass is 321 g/mol. The summed E-state index contributed by atoms with van der Waals surface area (Å²) in [4.78, 5) is 17.7. The predicted octanol–water partition coefficient (Wildman–Crippen LogP) is 3.84. The Bertz CT molecular complexity index is 866. The topological polar surface area (TPSA) is 33.8 Å². The third kappa shape index (κ3) is 3.60. The highest BCUT2D eigenvalue weighted by atomic mass is 32.1. The van der Waals surface area contributed by atoms with Crippen LogP contribution in [0.15, 0.2) is 60.9 Å². The second-order valence-corrected chi connectivity index (χ2v) is 6.30. The molecule has 0 atom stereocenters. The minimum Gasteiger partial charge on any atom is -0.288 e. The first-order valence-electron chi connectivity index (χ1n) is 7.34. The number of thiazole rings is 1. The summed E-state index contributed by atoms with van der Waals surface area (Å²) < 4.78 is 1.95. The van der Waals surface area contributed by atoms with E-state index >= 15 is 0 Å². The van der Waals surface area contributed by atoms with E-state index in [0.717, 1.165) is 21.8 Å². The number of hydrogen-bond acceptors (Lipinski definition) is 3. The van der Waals surface area contributed by atoms with Crippen LogP contribution in [0.2, 0.25) is 0 Å². The molecule has 0 aliphatic heterocycles. The van der Waals surface area contributed by atoms with Crippen LogP contribution in [0.3, 0.4) is 0 Å². The van der Waals surface area contributed by atoms with E-state index in [1.54, 1.807) is 6.08 Å². The third-order valence-electron chi connectivity index (χ3n) is 3.43. The number of benzene rings is 1. The molecule has 0 radical (unpaired) electrons. The lowest BCUT2D eigenvalue weighted by Crippen LogP contribution is -2.26. The van der Waals surface area contributed by atoms with E-state index in [1.165, 1.54) is 11.3 Å². The lowest BCUT2D eigenvalue weighted by molar-refractivity contribution is -0.671. The van der Waals surface area contributed by atoms with E-state index < -0.39 is 0 Å². The van der Waals surface area contributed by atoms with Crippen LogP contribution in [0.4, 0.5) is 0 Å². The van der Waals surface area contributed by atoms with Gasteiger partial charge in [-0.2, -0.15) is 0 Å². The smallest absolute Gasteiger partial charge is 0.197 e. The number of carbonyl (C=O) groups excluding carboxylic acids is 1. The highest BCUT2D eigenvalue weighted by Gasteiger charge is 2.14. The third-order valence-corrected chi connectivity index (χ3v) is 4.65. The molecule has 0 N–H and O–H groups in total. The molecule has 23 heavy (non-hydrogen) atoms. The Labute approximate surface area is 139 Å². The minimum absolute atomic E-state index is 0.00585. The zero-order valence-electron chi connectivity index (χ0n) is 13.1. The van der Waals surface area contributed by atoms with Crippen molar-refractivity contribution in [2.24, 2.45) is 7.05 Å². The molecule has 0 spiro atoms. The molecule has 3 rings (SSSR count). The maximum atomic E-state index is 12.4. The fraction of sp³-hybridized carbons (Fsp3) is 0.105. The van der Waals surface area contributed by atoms with Crippen molar-refractivity contribution in [1.29, 1.82) is 0 Å². The van der Waals surface area contributed by atoms with Gasteiger partial charge in [0.05, 0.1) is 10.6 Å². The van der Waals surface area contributed by atoms with Gasteiger partial charge in [0.15, 0.2) is 18.2 Å². The summed E-state index contributed by atoms with van der Waals surface area (Å²) in [5.41, 5.74) is 2.81. The van der Waals surface area contributed by atoms with Gasteiger partial charge in [0.2, 0.25) is 0 Å². The zero-order chi connectivity index (χ0) is 16.2. The van der Waals surface area contributed by atoms with E-state index in [-0.39, 0.29) is 5.78 Å². The number of rotatable bonds is 4. The van der Waals surface area contributed by atoms with E-state index in [1.807, 2.05) is 79.5 Å². The Morgan fingerprint density at radius 2 is 1.96 bits per heavy atom. The SMILES string of the molecule is Cc1nc(-c2ccccc2)sc1C(=O)C=Cc1ccc[n+](C)c1. The molecule has 0 saturated heterocycles. The van der Waals surface area contributed by atoms with E-state index in [9.17, 15) is 4.79 Å². The van der Waals surface area contributed by atoms with Crippen LogP contribution >= 0.6 is 11.3 Å². The fourth-order valence-electron chi connectivity index (χ4n) is 2.29. The average molecular weight is 321 g/mol. The molecular formula is C19H17N2OS+. The van der Waals surface area contributed by atoms with Crippen molar-refractivity contribution in [1.82, 2.24) is 4.98 Å². The molecule has 4 heteroatoms. The molecule has 0 amide bonds. The molecule has 2 aromatic heterocycles. The second kappa shape index (κ2) is 6.67. The van der Waals surface area contributed by atoms with Crippen LogP contribution < -0.4 is 4.57 Å². The fourth-order valence-corrected chi connectivity index (χ4v) is 3.28. The number of nitrogens with zero attached hydrogens (tertiary/aromatic N) is 2. The van der Waals surface area contributed by atoms with Crippen LogP contribution in [0.1, 0.15) is 20.9 Å². The van der Waals surface area contributed by atoms with E-state index in [0.29, 0.717) is 4.88 Å². The number of carbonyl (C=O) groups is 1. The summed E-state index contributed by atoms with van der Waals surface area (Å²) in [6.45, 7) is 1.88. The van der Waals surface area contributed by atoms with Crippen LogP contribution in [0.5, 0.6) is 0 Å². The van der Waals surface area contributed by atoms with Crippen LogP contribution in [-0.2, 0) is 7.05 Å². The van der Waals surface area contributed by atoms with E-state index in [4.69, 9.17) is 0 Å². The summed E-state index contributed by atoms with van der Waals surface area (Å²) in [6.07, 6.45) is 7.38. The molecule has 114 valence electrons. The van der Waals surface area contributed by atoms with Gasteiger partial charge in [-0.3, -0.25) is 4.79 Å². The number of allylic oxidation sites excluding steroid dienone is 1. The highest BCUT2D eigenvalue weighted by molar-refractivity contribution is 7.17. The van der Waals surface area contributed by atoms with Gasteiger partial charge in [-0.25, -0.2) is 9.55 Å². The highest BCUT2D eigenvalue weighted by Crippen LogP contribution is 2.28. The largest absolute Gasteiger partial charge is 0.288 e. The summed E-state index contributed by atoms with van der Waals surface area (Å²) >= 11 is 1.44. The lowest BCUT2D eigenvalue weighted by atomic mass is 10.2. The molecule has 3 nitrogen and oxygen atoms in total. The molecule has 1 aromatic carbocycles. The van der Waals surface area contributed by atoms with Crippen molar-refractivity contribution < 1.29 is 9.36 Å². The Kier molecular flexibility index (Phi) is 4.44. The molecule has 2 heterocycles. The molecule has 0 unspecified atom stereocenters. The number of aromatic nitrogens is 2. The Hall–Kier alpha value is -2.59. The second-order valence-electron chi connectivity index (χ2n) is 5.30. The minimum atomic E-state index is -0.00585. The number of hydrogen-bond donors (Lipinski definition) is 0. The van der Waals surface area contributed by atoms with Gasteiger partial charge >= 0.3 is 0 Å². The normalized spacial score (nSPS) is 11.0. The molecule has 0 saturated carbocycles. The van der Waals surface area contributed by atoms with Gasteiger partial charge in [0.25, 0.3) is 0 Å². The Morgan fingerprint density at radius 1 is 1.17 bits per heavy atom. The van der Waals surface area contributed by atoms with Gasteiger partial charge in [-0.05, 0) is 25.1 Å². The van der Waals surface area contributed by atoms with Crippen molar-refractivity contribution in [2.75, 3.05) is 0 Å². The summed E-state index contributed by atoms with van der Waals surface area (Å²) in [5.74, 6) is -0.00585. The maximum absolute atomic E-state index is 12.4. The first-order chi connectivity index (χ1) is 11.1. The van der Waals surface area contributed by atoms with Crippen LogP contribution in [0.25, 0.3) is 16.6 Å². The molecular weight excluding hydrogens is 304 g/mol. The lowest BCUT2D eigenvalue weighted by Gasteiger charge is -1.93. The number of ketones is 1. The summed E-state index contributed by atoms with van der Waals surface area (Å²) in [7, 11) is 1.96. The van der Waals surface area contributed by atoms with Gasteiger partial charge in [0.1, 0.15) is 12.1 Å². The molecule has 0 aliphatic carbocycles. The van der Waals surface area contributed by atoms with Gasteiger partial charge in [-0.15, -0.1) is 11.3 Å².